The number of rotatable bonds is 5. The van der Waals surface area contributed by atoms with Gasteiger partial charge in [-0.05, 0) is 43.0 Å². The van der Waals surface area contributed by atoms with E-state index in [2.05, 4.69) is 82.1 Å². The minimum absolute atomic E-state index is 0.0389. The van der Waals surface area contributed by atoms with E-state index in [9.17, 15) is 4.79 Å². The Balaban J connectivity index is 1.28. The van der Waals surface area contributed by atoms with Gasteiger partial charge in [-0.25, -0.2) is 0 Å². The Kier molecular flexibility index (Phi) is 5.78. The fourth-order valence-corrected chi connectivity index (χ4v) is 4.79. The van der Waals surface area contributed by atoms with E-state index in [1.807, 2.05) is 25.1 Å². The van der Waals surface area contributed by atoms with Crippen molar-refractivity contribution < 1.29 is 4.79 Å². The van der Waals surface area contributed by atoms with Crippen molar-refractivity contribution >= 4 is 16.8 Å². The molecular formula is C28H28N3O. The minimum atomic E-state index is -0.0389. The van der Waals surface area contributed by atoms with Crippen LogP contribution in [-0.4, -0.2) is 34.9 Å². The van der Waals surface area contributed by atoms with E-state index in [0.717, 1.165) is 42.4 Å². The molecule has 161 valence electrons. The summed E-state index contributed by atoms with van der Waals surface area (Å²) in [6.45, 7) is 3.92. The first kappa shape index (κ1) is 20.5. The van der Waals surface area contributed by atoms with Crippen molar-refractivity contribution in [2.45, 2.75) is 31.8 Å². The average molecular weight is 423 g/mol. The quantitative estimate of drug-likeness (QED) is 0.461. The summed E-state index contributed by atoms with van der Waals surface area (Å²) >= 11 is 0. The van der Waals surface area contributed by atoms with E-state index < -0.39 is 0 Å². The maximum atomic E-state index is 13.0. The molecular weight excluding hydrogens is 394 g/mol. The van der Waals surface area contributed by atoms with Gasteiger partial charge in [0.2, 0.25) is 0 Å². The Morgan fingerprint density at radius 1 is 0.969 bits per heavy atom. The zero-order chi connectivity index (χ0) is 21.9. The number of hydrogen-bond donors (Lipinski definition) is 2. The summed E-state index contributed by atoms with van der Waals surface area (Å²) in [5.41, 5.74) is 5.32. The van der Waals surface area contributed by atoms with Crippen LogP contribution in [0.2, 0.25) is 0 Å². The van der Waals surface area contributed by atoms with Gasteiger partial charge in [-0.2, -0.15) is 0 Å². The van der Waals surface area contributed by atoms with Crippen LogP contribution >= 0.6 is 0 Å². The topological polar surface area (TPSA) is 48.1 Å². The van der Waals surface area contributed by atoms with Crippen molar-refractivity contribution in [1.29, 1.82) is 0 Å². The molecule has 1 amide bonds. The Hall–Kier alpha value is -3.37. The second-order valence-corrected chi connectivity index (χ2v) is 8.68. The van der Waals surface area contributed by atoms with Crippen LogP contribution in [0.15, 0.2) is 78.9 Å². The summed E-state index contributed by atoms with van der Waals surface area (Å²) in [6.07, 6.45) is 4.92. The van der Waals surface area contributed by atoms with E-state index >= 15 is 0 Å². The molecule has 32 heavy (non-hydrogen) atoms. The zero-order valence-corrected chi connectivity index (χ0v) is 18.3. The second-order valence-electron chi connectivity index (χ2n) is 8.68. The molecule has 4 heteroatoms. The molecule has 4 aromatic rings. The summed E-state index contributed by atoms with van der Waals surface area (Å²) < 4.78 is 0. The predicted molar refractivity (Wildman–Crippen MR) is 129 cm³/mol. The standard InChI is InChI=1S/C28H28N3O/c1-20-12-13-26-24(18-20)25(19-29-26)28(32)30-23-14-16-31(17-15-23)27(21-8-4-2-5-9-21)22-10-6-3-7-11-22/h2-13,18,23,27,29H,14-17H2,1H3,(H,30,32). The fraction of sp³-hybridized carbons (Fsp3) is 0.250. The van der Waals surface area contributed by atoms with Gasteiger partial charge in [-0.3, -0.25) is 9.69 Å². The molecule has 3 aromatic carbocycles. The Morgan fingerprint density at radius 2 is 1.59 bits per heavy atom. The van der Waals surface area contributed by atoms with E-state index in [1.54, 1.807) is 0 Å². The zero-order valence-electron chi connectivity index (χ0n) is 18.3. The highest BCUT2D eigenvalue weighted by atomic mass is 16.1. The van der Waals surface area contributed by atoms with Crippen LogP contribution in [0.1, 0.15) is 45.9 Å². The van der Waals surface area contributed by atoms with Crippen LogP contribution < -0.4 is 5.32 Å². The van der Waals surface area contributed by atoms with E-state index in [1.165, 1.54) is 11.1 Å². The Morgan fingerprint density at radius 3 is 2.22 bits per heavy atom. The number of carbonyl (C=O) groups is 1. The number of aromatic nitrogens is 1. The summed E-state index contributed by atoms with van der Waals surface area (Å²) in [7, 11) is 0. The molecule has 0 atom stereocenters. The molecule has 1 saturated heterocycles. The number of H-pyrrole nitrogens is 1. The number of aromatic amines is 1. The first-order valence-electron chi connectivity index (χ1n) is 11.3. The van der Waals surface area contributed by atoms with E-state index in [4.69, 9.17) is 0 Å². The van der Waals surface area contributed by atoms with Gasteiger partial charge in [0.05, 0.1) is 17.8 Å². The molecule has 0 aliphatic carbocycles. The Labute approximate surface area is 189 Å². The highest BCUT2D eigenvalue weighted by Gasteiger charge is 2.28. The number of benzene rings is 3. The van der Waals surface area contributed by atoms with Crippen LogP contribution in [0.4, 0.5) is 0 Å². The number of carbonyl (C=O) groups excluding carboxylic acids is 1. The summed E-state index contributed by atoms with van der Waals surface area (Å²) in [5.74, 6) is -0.0389. The lowest BCUT2D eigenvalue weighted by molar-refractivity contribution is 0.0902. The maximum absolute atomic E-state index is 13.0. The van der Waals surface area contributed by atoms with Gasteiger partial charge in [0.15, 0.2) is 0 Å². The molecule has 1 aliphatic heterocycles. The number of nitrogens with zero attached hydrogens (tertiary/aromatic N) is 1. The van der Waals surface area contributed by atoms with Crippen molar-refractivity contribution in [3.05, 3.63) is 107 Å². The van der Waals surface area contributed by atoms with E-state index in [0.29, 0.717) is 5.56 Å². The SMILES string of the molecule is Cc1ccc2[nH][c]c(C(=O)NC3CCN(C(c4ccccc4)c4ccccc4)CC3)c2c1. The van der Waals surface area contributed by atoms with Gasteiger partial charge < -0.3 is 10.3 Å². The van der Waals surface area contributed by atoms with Crippen molar-refractivity contribution in [3.8, 4) is 0 Å². The number of amides is 1. The molecule has 0 spiro atoms. The number of aryl methyl sites for hydroxylation is 1. The number of piperidine rings is 1. The molecule has 2 heterocycles. The van der Waals surface area contributed by atoms with Gasteiger partial charge in [-0.1, -0.05) is 72.3 Å². The van der Waals surface area contributed by atoms with Gasteiger partial charge in [0, 0.05) is 30.0 Å². The number of nitrogens with one attached hydrogen (secondary N) is 2. The van der Waals surface area contributed by atoms with Crippen LogP contribution in [0.5, 0.6) is 0 Å². The molecule has 1 fully saturated rings. The van der Waals surface area contributed by atoms with Gasteiger partial charge in [-0.15, -0.1) is 0 Å². The van der Waals surface area contributed by atoms with Crippen LogP contribution in [0, 0.1) is 13.1 Å². The van der Waals surface area contributed by atoms with Crippen LogP contribution in [0.25, 0.3) is 10.9 Å². The lowest BCUT2D eigenvalue weighted by atomic mass is 9.94. The third-order valence-corrected chi connectivity index (χ3v) is 6.45. The molecule has 0 saturated carbocycles. The maximum Gasteiger partial charge on any atom is 0.254 e. The third kappa shape index (κ3) is 4.19. The molecule has 4 nitrogen and oxygen atoms in total. The average Bonchev–Trinajstić information content (AvgIpc) is 3.25. The molecule has 0 bridgehead atoms. The largest absolute Gasteiger partial charge is 0.353 e. The van der Waals surface area contributed by atoms with Crippen LogP contribution in [0.3, 0.4) is 0 Å². The molecule has 1 aliphatic rings. The normalized spacial score (nSPS) is 15.3. The monoisotopic (exact) mass is 422 g/mol. The molecule has 1 radical (unpaired) electrons. The smallest absolute Gasteiger partial charge is 0.254 e. The van der Waals surface area contributed by atoms with E-state index in [-0.39, 0.29) is 18.0 Å². The summed E-state index contributed by atoms with van der Waals surface area (Å²) in [4.78, 5) is 18.6. The molecule has 2 N–H and O–H groups in total. The highest BCUT2D eigenvalue weighted by Crippen LogP contribution is 2.31. The minimum Gasteiger partial charge on any atom is -0.353 e. The van der Waals surface area contributed by atoms with Crippen molar-refractivity contribution in [2.24, 2.45) is 0 Å². The van der Waals surface area contributed by atoms with Crippen molar-refractivity contribution in [3.63, 3.8) is 0 Å². The highest BCUT2D eigenvalue weighted by molar-refractivity contribution is 6.06. The summed E-state index contributed by atoms with van der Waals surface area (Å²) in [5, 5.41) is 4.19. The fourth-order valence-electron chi connectivity index (χ4n) is 4.79. The lowest BCUT2D eigenvalue weighted by Gasteiger charge is -2.38. The van der Waals surface area contributed by atoms with Gasteiger partial charge in [0.25, 0.3) is 5.91 Å². The van der Waals surface area contributed by atoms with Gasteiger partial charge >= 0.3 is 0 Å². The molecule has 0 unspecified atom stereocenters. The first-order chi connectivity index (χ1) is 15.7. The molecule has 1 aromatic heterocycles. The first-order valence-corrected chi connectivity index (χ1v) is 11.3. The number of hydrogen-bond acceptors (Lipinski definition) is 2. The second kappa shape index (κ2) is 9.01. The lowest BCUT2D eigenvalue weighted by Crippen LogP contribution is -2.45. The predicted octanol–water partition coefficient (Wildman–Crippen LogP) is 5.26. The van der Waals surface area contributed by atoms with Gasteiger partial charge in [0.1, 0.15) is 0 Å². The number of likely N-dealkylation sites (tertiary alicyclic amines) is 1. The third-order valence-electron chi connectivity index (χ3n) is 6.45. The Bertz CT molecular complexity index is 1150. The molecule has 5 rings (SSSR count). The van der Waals surface area contributed by atoms with Crippen LogP contribution in [-0.2, 0) is 0 Å². The summed E-state index contributed by atoms with van der Waals surface area (Å²) in [6, 6.07) is 27.9. The van der Waals surface area contributed by atoms with Crippen molar-refractivity contribution in [1.82, 2.24) is 15.2 Å². The number of fused-ring (bicyclic) bond motifs is 1. The van der Waals surface area contributed by atoms with Crippen molar-refractivity contribution in [2.75, 3.05) is 13.1 Å².